The average Bonchev–Trinajstić information content (AvgIpc) is 2.74. The zero-order chi connectivity index (χ0) is 20.6. The molecule has 0 saturated carbocycles. The normalized spacial score (nSPS) is 23.8. The van der Waals surface area contributed by atoms with E-state index in [4.69, 9.17) is 22.1 Å². The lowest BCUT2D eigenvalue weighted by atomic mass is 9.71. The van der Waals surface area contributed by atoms with Crippen LogP contribution in [-0.4, -0.2) is 38.5 Å². The molecular formula is C22H24ClN3O3. The number of anilines is 2. The molecule has 1 amide bonds. The van der Waals surface area contributed by atoms with Crippen LogP contribution in [0.15, 0.2) is 36.4 Å². The van der Waals surface area contributed by atoms with Gasteiger partial charge in [0.1, 0.15) is 6.29 Å². The summed E-state index contributed by atoms with van der Waals surface area (Å²) in [6.07, 6.45) is 1.22. The number of fused-ring (bicyclic) bond motifs is 1. The lowest BCUT2D eigenvalue weighted by molar-refractivity contribution is -0.123. The molecule has 2 atom stereocenters. The Kier molecular flexibility index (Phi) is 5.23. The molecule has 2 heterocycles. The van der Waals surface area contributed by atoms with Crippen LogP contribution in [0.5, 0.6) is 0 Å². The van der Waals surface area contributed by atoms with Crippen LogP contribution in [0.4, 0.5) is 11.4 Å². The van der Waals surface area contributed by atoms with Crippen molar-refractivity contribution in [3.8, 4) is 0 Å². The molecule has 0 aliphatic carbocycles. The molecule has 29 heavy (non-hydrogen) atoms. The number of carbonyl (C=O) groups is 2. The topological polar surface area (TPSA) is 84.7 Å². The summed E-state index contributed by atoms with van der Waals surface area (Å²) < 4.78 is 5.45. The Morgan fingerprint density at radius 3 is 2.72 bits per heavy atom. The van der Waals surface area contributed by atoms with Crippen LogP contribution >= 0.6 is 11.6 Å². The fourth-order valence-electron chi connectivity index (χ4n) is 4.21. The lowest BCUT2D eigenvalue weighted by Crippen LogP contribution is -2.44. The van der Waals surface area contributed by atoms with E-state index in [1.807, 2.05) is 25.1 Å². The molecule has 0 spiro atoms. The average molecular weight is 414 g/mol. The van der Waals surface area contributed by atoms with Gasteiger partial charge in [0.15, 0.2) is 0 Å². The van der Waals surface area contributed by atoms with Crippen molar-refractivity contribution >= 4 is 35.2 Å². The van der Waals surface area contributed by atoms with Crippen LogP contribution in [0.3, 0.4) is 0 Å². The van der Waals surface area contributed by atoms with Gasteiger partial charge in [-0.3, -0.25) is 9.59 Å². The van der Waals surface area contributed by atoms with Crippen LogP contribution in [0.2, 0.25) is 5.02 Å². The van der Waals surface area contributed by atoms with Crippen LogP contribution in [-0.2, 0) is 14.9 Å². The molecule has 2 aromatic carbocycles. The third kappa shape index (κ3) is 3.58. The quantitative estimate of drug-likeness (QED) is 0.751. The van der Waals surface area contributed by atoms with Crippen LogP contribution < -0.4 is 16.0 Å². The van der Waals surface area contributed by atoms with Crippen LogP contribution in [0, 0.1) is 0 Å². The summed E-state index contributed by atoms with van der Waals surface area (Å²) in [6, 6.07) is 11.1. The number of carbonyl (C=O) groups excluding carboxylic acids is 2. The van der Waals surface area contributed by atoms with Gasteiger partial charge < -0.3 is 20.7 Å². The molecule has 152 valence electrons. The second-order valence-corrected chi connectivity index (χ2v) is 8.23. The van der Waals surface area contributed by atoms with Crippen molar-refractivity contribution in [3.63, 3.8) is 0 Å². The number of halogens is 1. The highest BCUT2D eigenvalue weighted by Gasteiger charge is 2.42. The Bertz CT molecular complexity index is 958. The third-order valence-electron chi connectivity index (χ3n) is 5.99. The second-order valence-electron chi connectivity index (χ2n) is 7.83. The van der Waals surface area contributed by atoms with Gasteiger partial charge in [-0.2, -0.15) is 0 Å². The van der Waals surface area contributed by atoms with Gasteiger partial charge in [0, 0.05) is 35.1 Å². The first-order chi connectivity index (χ1) is 13.9. The summed E-state index contributed by atoms with van der Waals surface area (Å²) in [6.45, 7) is 4.89. The van der Waals surface area contributed by atoms with Crippen molar-refractivity contribution in [2.75, 3.05) is 36.5 Å². The number of rotatable bonds is 4. The van der Waals surface area contributed by atoms with Gasteiger partial charge in [0.05, 0.1) is 24.7 Å². The summed E-state index contributed by atoms with van der Waals surface area (Å²) in [5.41, 5.74) is 8.97. The van der Waals surface area contributed by atoms with Crippen molar-refractivity contribution < 1.29 is 14.3 Å². The summed E-state index contributed by atoms with van der Waals surface area (Å²) in [5.74, 6) is -0.422. The van der Waals surface area contributed by atoms with Gasteiger partial charge in [-0.1, -0.05) is 11.6 Å². The zero-order valence-electron chi connectivity index (χ0n) is 16.3. The highest BCUT2D eigenvalue weighted by Crippen LogP contribution is 2.46. The van der Waals surface area contributed by atoms with E-state index >= 15 is 0 Å². The maximum atomic E-state index is 12.5. The van der Waals surface area contributed by atoms with Gasteiger partial charge in [0.25, 0.3) is 0 Å². The highest BCUT2D eigenvalue weighted by atomic mass is 35.5. The first-order valence-corrected chi connectivity index (χ1v) is 10.1. The summed E-state index contributed by atoms with van der Waals surface area (Å²) in [5, 5.41) is 4.13. The summed E-state index contributed by atoms with van der Waals surface area (Å²) in [4.78, 5) is 26.0. The minimum Gasteiger partial charge on any atom is -0.378 e. The molecule has 0 bridgehead atoms. The van der Waals surface area contributed by atoms with E-state index in [1.54, 1.807) is 12.1 Å². The van der Waals surface area contributed by atoms with Crippen molar-refractivity contribution in [3.05, 3.63) is 58.1 Å². The molecule has 3 N–H and O–H groups in total. The number of amides is 1. The Morgan fingerprint density at radius 2 is 2.03 bits per heavy atom. The molecule has 0 radical (unpaired) electrons. The maximum absolute atomic E-state index is 12.5. The molecule has 2 aliphatic heterocycles. The minimum absolute atomic E-state index is 0.185. The van der Waals surface area contributed by atoms with E-state index in [9.17, 15) is 9.59 Å². The molecule has 4 rings (SSSR count). The van der Waals surface area contributed by atoms with E-state index < -0.39 is 11.3 Å². The number of hydrogen-bond donors (Lipinski definition) is 2. The van der Waals surface area contributed by atoms with Gasteiger partial charge in [-0.05, 0) is 60.9 Å². The smallest absolute Gasteiger partial charge is 0.227 e. The predicted molar refractivity (Wildman–Crippen MR) is 114 cm³/mol. The maximum Gasteiger partial charge on any atom is 0.227 e. The summed E-state index contributed by atoms with van der Waals surface area (Å²) >= 11 is 6.57. The van der Waals surface area contributed by atoms with Crippen LogP contribution in [0.25, 0.3) is 0 Å². The number of nitrogens with two attached hydrogens (primary N) is 1. The lowest BCUT2D eigenvalue weighted by Gasteiger charge is -2.40. The number of ether oxygens (including phenoxy) is 1. The number of primary amides is 1. The number of benzene rings is 2. The Balaban J connectivity index is 1.74. The minimum atomic E-state index is -0.914. The number of nitrogens with one attached hydrogen (secondary N) is 1. The largest absolute Gasteiger partial charge is 0.378 e. The molecule has 1 saturated heterocycles. The van der Waals surface area contributed by atoms with Crippen molar-refractivity contribution in [1.29, 1.82) is 0 Å². The van der Waals surface area contributed by atoms with E-state index in [-0.39, 0.29) is 6.04 Å². The fourth-order valence-corrected chi connectivity index (χ4v) is 4.46. The number of hydrogen-bond acceptors (Lipinski definition) is 5. The Morgan fingerprint density at radius 1 is 1.28 bits per heavy atom. The first-order valence-electron chi connectivity index (χ1n) is 9.70. The van der Waals surface area contributed by atoms with Crippen molar-refractivity contribution in [2.45, 2.75) is 24.8 Å². The van der Waals surface area contributed by atoms with E-state index in [0.29, 0.717) is 30.2 Å². The van der Waals surface area contributed by atoms with Gasteiger partial charge in [0.2, 0.25) is 5.91 Å². The molecule has 7 heteroatoms. The van der Waals surface area contributed by atoms with Crippen LogP contribution in [0.1, 0.15) is 40.9 Å². The molecule has 2 aliphatic rings. The fraction of sp³-hybridized carbons (Fsp3) is 0.364. The Labute approximate surface area is 175 Å². The second kappa shape index (κ2) is 7.69. The van der Waals surface area contributed by atoms with Gasteiger partial charge in [-0.25, -0.2) is 0 Å². The van der Waals surface area contributed by atoms with Crippen molar-refractivity contribution in [1.82, 2.24) is 0 Å². The standard InChI is InChI=1S/C22H24ClN3O3/c1-22(21(24)28)12-20(25-19-5-2-14(13-27)10-17(19)22)16-11-15(3-4-18(16)23)26-6-8-29-9-7-26/h2-5,10-11,13,20,25H,6-9,12H2,1H3,(H2,24,28). The SMILES string of the molecule is CC1(C(N)=O)CC(c2cc(N3CCOCC3)ccc2Cl)Nc2ccc(C=O)cc21. The number of nitrogens with zero attached hydrogens (tertiary/aromatic N) is 1. The van der Waals surface area contributed by atoms with E-state index in [1.165, 1.54) is 0 Å². The molecule has 6 nitrogen and oxygen atoms in total. The predicted octanol–water partition coefficient (Wildman–Crippen LogP) is 3.29. The van der Waals surface area contributed by atoms with E-state index in [2.05, 4.69) is 16.3 Å². The number of morpholine rings is 1. The molecule has 1 fully saturated rings. The monoisotopic (exact) mass is 413 g/mol. The molecule has 0 aromatic heterocycles. The van der Waals surface area contributed by atoms with Crippen molar-refractivity contribution in [2.24, 2.45) is 5.73 Å². The van der Waals surface area contributed by atoms with Gasteiger partial charge in [-0.15, -0.1) is 0 Å². The first kappa shape index (κ1) is 19.7. The summed E-state index contributed by atoms with van der Waals surface area (Å²) in [7, 11) is 0. The molecular weight excluding hydrogens is 390 g/mol. The van der Waals surface area contributed by atoms with E-state index in [0.717, 1.165) is 41.9 Å². The highest BCUT2D eigenvalue weighted by molar-refractivity contribution is 6.31. The van der Waals surface area contributed by atoms with Gasteiger partial charge >= 0.3 is 0 Å². The molecule has 2 unspecified atom stereocenters. The third-order valence-corrected chi connectivity index (χ3v) is 6.34. The Hall–Kier alpha value is -2.57. The zero-order valence-corrected chi connectivity index (χ0v) is 17.0. The molecule has 2 aromatic rings. The number of aldehydes is 1.